The summed E-state index contributed by atoms with van der Waals surface area (Å²) < 4.78 is 22.1. The van der Waals surface area contributed by atoms with E-state index in [1.165, 1.54) is 6.07 Å². The number of para-hydroxylation sites is 1. The summed E-state index contributed by atoms with van der Waals surface area (Å²) in [6, 6.07) is 5.42. The van der Waals surface area contributed by atoms with Crippen LogP contribution in [0.5, 0.6) is 0 Å². The largest absolute Gasteiger partial charge is 0.373 e. The first-order valence-electron chi connectivity index (χ1n) is 7.14. The average molecular weight is 295 g/mol. The number of imidazole rings is 1. The third kappa shape index (κ3) is 1.78. The fourth-order valence-electron chi connectivity index (χ4n) is 3.64. The third-order valence-corrected chi connectivity index (χ3v) is 4.66. The zero-order valence-electron chi connectivity index (χ0n) is 11.1. The number of nitrogens with zero attached hydrogens (tertiary/aromatic N) is 2. The van der Waals surface area contributed by atoms with Crippen LogP contribution in [-0.2, 0) is 11.2 Å². The number of benzene rings is 1. The van der Waals surface area contributed by atoms with E-state index in [2.05, 4.69) is 9.55 Å². The molecule has 0 amide bonds. The molecule has 3 heterocycles. The van der Waals surface area contributed by atoms with Gasteiger partial charge in [0.2, 0.25) is 0 Å². The molecule has 1 aromatic heterocycles. The van der Waals surface area contributed by atoms with E-state index in [9.17, 15) is 4.39 Å². The number of halogens is 2. The Bertz CT molecular complexity index is 657. The molecule has 5 heteroatoms. The number of aromatic nitrogens is 2. The fraction of sp³-hybridized carbons (Fsp3) is 0.533. The maximum Gasteiger partial charge on any atom is 0.151 e. The summed E-state index contributed by atoms with van der Waals surface area (Å²) in [5, 5.41) is 0. The Morgan fingerprint density at radius 1 is 1.40 bits per heavy atom. The molecule has 3 atom stereocenters. The van der Waals surface area contributed by atoms with E-state index in [4.69, 9.17) is 16.3 Å². The smallest absolute Gasteiger partial charge is 0.151 e. The molecule has 0 aliphatic carbocycles. The number of hydrogen-bond donors (Lipinski definition) is 0. The van der Waals surface area contributed by atoms with E-state index in [-0.39, 0.29) is 18.0 Å². The topological polar surface area (TPSA) is 27.1 Å². The Morgan fingerprint density at radius 3 is 3.00 bits per heavy atom. The van der Waals surface area contributed by atoms with Crippen LogP contribution in [0.15, 0.2) is 18.2 Å². The molecule has 2 saturated heterocycles. The molecular weight excluding hydrogens is 279 g/mol. The molecule has 2 aromatic rings. The van der Waals surface area contributed by atoms with Gasteiger partial charge in [0.1, 0.15) is 11.3 Å². The van der Waals surface area contributed by atoms with Gasteiger partial charge in [-0.15, -0.1) is 11.6 Å². The van der Waals surface area contributed by atoms with Crippen LogP contribution in [0, 0.1) is 5.82 Å². The van der Waals surface area contributed by atoms with Crippen LogP contribution in [-0.4, -0.2) is 27.6 Å². The molecule has 2 aliphatic heterocycles. The van der Waals surface area contributed by atoms with Gasteiger partial charge < -0.3 is 9.30 Å². The van der Waals surface area contributed by atoms with Crippen LogP contribution in [0.1, 0.15) is 31.1 Å². The molecule has 2 bridgehead atoms. The molecule has 2 fully saturated rings. The van der Waals surface area contributed by atoms with E-state index in [0.29, 0.717) is 23.9 Å². The molecule has 106 valence electrons. The maximum atomic E-state index is 14.0. The molecule has 2 aliphatic rings. The molecule has 0 saturated carbocycles. The lowest BCUT2D eigenvalue weighted by atomic mass is 9.95. The summed E-state index contributed by atoms with van der Waals surface area (Å²) in [5.74, 6) is 1.11. The zero-order chi connectivity index (χ0) is 13.7. The summed E-state index contributed by atoms with van der Waals surface area (Å²) >= 11 is 5.88. The molecule has 0 radical (unpaired) electrons. The number of alkyl halides is 1. The highest BCUT2D eigenvalue weighted by Crippen LogP contribution is 2.43. The number of aryl methyl sites for hydroxylation is 1. The molecule has 0 N–H and O–H groups in total. The highest BCUT2D eigenvalue weighted by molar-refractivity contribution is 6.17. The summed E-state index contributed by atoms with van der Waals surface area (Å²) in [6.07, 6.45) is 4.50. The van der Waals surface area contributed by atoms with E-state index >= 15 is 0 Å². The molecule has 0 spiro atoms. The van der Waals surface area contributed by atoms with Gasteiger partial charge in [0, 0.05) is 12.3 Å². The number of hydrogen-bond acceptors (Lipinski definition) is 2. The van der Waals surface area contributed by atoms with E-state index in [1.807, 2.05) is 6.07 Å². The van der Waals surface area contributed by atoms with Crippen molar-refractivity contribution in [3.05, 3.63) is 29.8 Å². The summed E-state index contributed by atoms with van der Waals surface area (Å²) in [6.45, 7) is 0. The Morgan fingerprint density at radius 2 is 2.30 bits per heavy atom. The van der Waals surface area contributed by atoms with Gasteiger partial charge in [0.15, 0.2) is 5.82 Å². The lowest BCUT2D eigenvalue weighted by molar-refractivity contribution is 0.0940. The van der Waals surface area contributed by atoms with Gasteiger partial charge >= 0.3 is 0 Å². The van der Waals surface area contributed by atoms with E-state index in [0.717, 1.165) is 30.6 Å². The first-order valence-corrected chi connectivity index (χ1v) is 7.68. The highest BCUT2D eigenvalue weighted by Gasteiger charge is 2.42. The maximum absolute atomic E-state index is 14.0. The van der Waals surface area contributed by atoms with Crippen molar-refractivity contribution >= 4 is 22.6 Å². The molecule has 3 nitrogen and oxygen atoms in total. The Hall–Kier alpha value is -1.13. The van der Waals surface area contributed by atoms with E-state index in [1.54, 1.807) is 6.07 Å². The van der Waals surface area contributed by atoms with Gasteiger partial charge in [-0.3, -0.25) is 0 Å². The monoisotopic (exact) mass is 294 g/mol. The van der Waals surface area contributed by atoms with Crippen LogP contribution in [0.3, 0.4) is 0 Å². The minimum Gasteiger partial charge on any atom is -0.373 e. The Labute approximate surface area is 121 Å². The van der Waals surface area contributed by atoms with Crippen molar-refractivity contribution in [1.29, 1.82) is 0 Å². The van der Waals surface area contributed by atoms with Crippen molar-refractivity contribution in [3.8, 4) is 0 Å². The predicted octanol–water partition coefficient (Wildman–Crippen LogP) is 3.45. The second kappa shape index (κ2) is 4.71. The van der Waals surface area contributed by atoms with Gasteiger partial charge in [-0.2, -0.15) is 0 Å². The van der Waals surface area contributed by atoms with Gasteiger partial charge in [-0.25, -0.2) is 9.37 Å². The second-order valence-electron chi connectivity index (χ2n) is 5.62. The van der Waals surface area contributed by atoms with Gasteiger partial charge in [0.25, 0.3) is 0 Å². The molecule has 20 heavy (non-hydrogen) atoms. The van der Waals surface area contributed by atoms with Crippen LogP contribution in [0.4, 0.5) is 4.39 Å². The van der Waals surface area contributed by atoms with Crippen molar-refractivity contribution < 1.29 is 9.13 Å². The molecule has 3 unspecified atom stereocenters. The normalized spacial score (nSPS) is 28.6. The minimum absolute atomic E-state index is 0.245. The Kier molecular flexibility index (Phi) is 2.97. The molecule has 4 rings (SSSR count). The molecular formula is C15H16ClFN2O. The zero-order valence-corrected chi connectivity index (χ0v) is 11.8. The quantitative estimate of drug-likeness (QED) is 0.811. The predicted molar refractivity (Wildman–Crippen MR) is 75.7 cm³/mol. The van der Waals surface area contributed by atoms with Gasteiger partial charge in [-0.05, 0) is 31.4 Å². The summed E-state index contributed by atoms with van der Waals surface area (Å²) in [4.78, 5) is 4.48. The second-order valence-corrected chi connectivity index (χ2v) is 6.00. The first-order chi connectivity index (χ1) is 9.78. The molecule has 1 aromatic carbocycles. The minimum atomic E-state index is -0.263. The highest BCUT2D eigenvalue weighted by atomic mass is 35.5. The van der Waals surface area contributed by atoms with Crippen LogP contribution in [0.25, 0.3) is 11.0 Å². The Balaban J connectivity index is 1.87. The van der Waals surface area contributed by atoms with Crippen molar-refractivity contribution in [2.45, 2.75) is 43.9 Å². The summed E-state index contributed by atoms with van der Waals surface area (Å²) in [7, 11) is 0. The van der Waals surface area contributed by atoms with Gasteiger partial charge in [0.05, 0.1) is 23.8 Å². The van der Waals surface area contributed by atoms with Crippen molar-refractivity contribution in [2.75, 3.05) is 5.88 Å². The van der Waals surface area contributed by atoms with Crippen LogP contribution in [0.2, 0.25) is 0 Å². The number of fused-ring (bicyclic) bond motifs is 3. The standard InChI is InChI=1S/C15H16ClFN2O/c16-7-6-14-18-15-10(17)2-1-3-11(15)19(14)12-8-9-4-5-13(12)20-9/h1-3,9,12-13H,4-8H2. The lowest BCUT2D eigenvalue weighted by Gasteiger charge is -2.23. The van der Waals surface area contributed by atoms with Crippen LogP contribution >= 0.6 is 11.6 Å². The lowest BCUT2D eigenvalue weighted by Crippen LogP contribution is -2.22. The number of ether oxygens (including phenoxy) is 1. The van der Waals surface area contributed by atoms with Crippen molar-refractivity contribution in [2.24, 2.45) is 0 Å². The van der Waals surface area contributed by atoms with Crippen LogP contribution < -0.4 is 0 Å². The SMILES string of the molecule is Fc1cccc2c1nc(CCCl)n2C1CC2CCC1O2. The third-order valence-electron chi connectivity index (χ3n) is 4.47. The van der Waals surface area contributed by atoms with Crippen molar-refractivity contribution in [1.82, 2.24) is 9.55 Å². The number of rotatable bonds is 3. The van der Waals surface area contributed by atoms with E-state index < -0.39 is 0 Å². The first kappa shape index (κ1) is 12.6. The average Bonchev–Trinajstić information content (AvgIpc) is 3.12. The fourth-order valence-corrected chi connectivity index (χ4v) is 3.81. The van der Waals surface area contributed by atoms with Crippen molar-refractivity contribution in [3.63, 3.8) is 0 Å². The van der Waals surface area contributed by atoms with Gasteiger partial charge in [-0.1, -0.05) is 6.07 Å². The summed E-state index contributed by atoms with van der Waals surface area (Å²) in [5.41, 5.74) is 1.32.